The molecule has 9 nitrogen and oxygen atoms in total. The number of carbonyl (C=O) groups is 3. The number of nitrogens with zero attached hydrogens (tertiary/aromatic N) is 1. The van der Waals surface area contributed by atoms with Crippen molar-refractivity contribution in [2.75, 3.05) is 5.73 Å². The van der Waals surface area contributed by atoms with Crippen molar-refractivity contribution in [3.63, 3.8) is 0 Å². The monoisotopic (exact) mass is 413 g/mol. The Balaban J connectivity index is 1.90. The molecule has 160 valence electrons. The average Bonchev–Trinajstić information content (AvgIpc) is 2.70. The smallest absolute Gasteiger partial charge is 0.405 e. The van der Waals surface area contributed by atoms with Crippen LogP contribution in [0.3, 0.4) is 0 Å². The highest BCUT2D eigenvalue weighted by atomic mass is 16.6. The van der Waals surface area contributed by atoms with Crippen molar-refractivity contribution in [2.24, 2.45) is 5.73 Å². The average molecular weight is 413 g/mol. The summed E-state index contributed by atoms with van der Waals surface area (Å²) in [5.74, 6) is -0.572. The van der Waals surface area contributed by atoms with Crippen molar-refractivity contribution in [3.8, 4) is 0 Å². The molecule has 0 aliphatic rings. The molecule has 1 aromatic carbocycles. The van der Waals surface area contributed by atoms with Gasteiger partial charge in [-0.05, 0) is 43.9 Å². The third kappa shape index (κ3) is 7.08. The number of rotatable bonds is 9. The van der Waals surface area contributed by atoms with Crippen molar-refractivity contribution in [2.45, 2.75) is 45.4 Å². The first-order valence-corrected chi connectivity index (χ1v) is 9.56. The molecule has 0 radical (unpaired) electrons. The Labute approximate surface area is 175 Å². The summed E-state index contributed by atoms with van der Waals surface area (Å²) in [5, 5.41) is 5.30. The van der Waals surface area contributed by atoms with Gasteiger partial charge in [0.15, 0.2) is 6.10 Å². The Morgan fingerprint density at radius 2 is 1.80 bits per heavy atom. The van der Waals surface area contributed by atoms with Crippen molar-refractivity contribution in [1.29, 1.82) is 0 Å². The van der Waals surface area contributed by atoms with Gasteiger partial charge in [-0.15, -0.1) is 0 Å². The van der Waals surface area contributed by atoms with E-state index in [4.69, 9.17) is 16.2 Å². The third-order valence-electron chi connectivity index (χ3n) is 4.51. The maximum absolute atomic E-state index is 12.5. The Bertz CT molecular complexity index is 888. The number of nitrogens with two attached hydrogens (primary N) is 2. The molecule has 0 spiro atoms. The number of hydrogen-bond donors (Lipinski definition) is 4. The number of amides is 3. The Hall–Kier alpha value is -3.62. The first-order valence-electron chi connectivity index (χ1n) is 9.56. The number of ether oxygens (including phenoxy) is 1. The molecule has 2 unspecified atom stereocenters. The van der Waals surface area contributed by atoms with Gasteiger partial charge in [0.05, 0.1) is 0 Å². The minimum absolute atomic E-state index is 0.240. The number of primary amides is 1. The van der Waals surface area contributed by atoms with Crippen LogP contribution in [0.4, 0.5) is 10.6 Å². The maximum atomic E-state index is 12.5. The molecular weight excluding hydrogens is 386 g/mol. The quantitative estimate of drug-likeness (QED) is 0.485. The predicted molar refractivity (Wildman–Crippen MR) is 112 cm³/mol. The van der Waals surface area contributed by atoms with Crippen LogP contribution in [0.25, 0.3) is 0 Å². The first kappa shape index (κ1) is 22.7. The van der Waals surface area contributed by atoms with E-state index in [9.17, 15) is 14.4 Å². The summed E-state index contributed by atoms with van der Waals surface area (Å²) in [6.45, 7) is 3.58. The molecule has 6 N–H and O–H groups in total. The van der Waals surface area contributed by atoms with Crippen molar-refractivity contribution >= 4 is 23.7 Å². The minimum atomic E-state index is -1.10. The van der Waals surface area contributed by atoms with Crippen molar-refractivity contribution in [1.82, 2.24) is 15.6 Å². The van der Waals surface area contributed by atoms with Gasteiger partial charge in [0.1, 0.15) is 11.9 Å². The van der Waals surface area contributed by atoms with Gasteiger partial charge < -0.3 is 26.8 Å². The van der Waals surface area contributed by atoms with Crippen LogP contribution in [0, 0.1) is 6.92 Å². The lowest BCUT2D eigenvalue weighted by molar-refractivity contribution is -0.134. The van der Waals surface area contributed by atoms with E-state index in [0.717, 1.165) is 11.1 Å². The highest BCUT2D eigenvalue weighted by Crippen LogP contribution is 2.09. The Kier molecular flexibility index (Phi) is 8.16. The van der Waals surface area contributed by atoms with E-state index in [1.165, 1.54) is 0 Å². The van der Waals surface area contributed by atoms with Crippen LogP contribution in [-0.2, 0) is 27.3 Å². The number of benzene rings is 1. The normalized spacial score (nSPS) is 12.5. The number of nitrogens with one attached hydrogen (secondary N) is 2. The summed E-state index contributed by atoms with van der Waals surface area (Å²) in [4.78, 5) is 40.2. The lowest BCUT2D eigenvalue weighted by Gasteiger charge is -2.20. The van der Waals surface area contributed by atoms with Gasteiger partial charge in [-0.3, -0.25) is 9.59 Å². The van der Waals surface area contributed by atoms with E-state index in [0.29, 0.717) is 17.9 Å². The van der Waals surface area contributed by atoms with E-state index < -0.39 is 24.1 Å². The van der Waals surface area contributed by atoms with Gasteiger partial charge in [-0.25, -0.2) is 9.78 Å². The maximum Gasteiger partial charge on any atom is 0.405 e. The van der Waals surface area contributed by atoms with Gasteiger partial charge in [0, 0.05) is 12.2 Å². The van der Waals surface area contributed by atoms with E-state index in [1.807, 2.05) is 30.3 Å². The van der Waals surface area contributed by atoms with Crippen LogP contribution in [0.5, 0.6) is 0 Å². The van der Waals surface area contributed by atoms with Crippen LogP contribution in [0.15, 0.2) is 42.5 Å². The number of nitrogen functional groups attached to an aromatic ring is 1. The lowest BCUT2D eigenvalue weighted by Crippen LogP contribution is -2.49. The van der Waals surface area contributed by atoms with Crippen molar-refractivity contribution in [3.05, 3.63) is 59.3 Å². The molecule has 3 amide bonds. The predicted octanol–water partition coefficient (Wildman–Crippen LogP) is 1.19. The van der Waals surface area contributed by atoms with E-state index in [2.05, 4.69) is 15.6 Å². The van der Waals surface area contributed by atoms with Crippen LogP contribution in [0.2, 0.25) is 0 Å². The second kappa shape index (κ2) is 10.8. The summed E-state index contributed by atoms with van der Waals surface area (Å²) >= 11 is 0. The van der Waals surface area contributed by atoms with E-state index >= 15 is 0 Å². The molecule has 2 aromatic rings. The fourth-order valence-corrected chi connectivity index (χ4v) is 2.83. The molecule has 0 aliphatic carbocycles. The Morgan fingerprint density at radius 1 is 1.10 bits per heavy atom. The third-order valence-corrected chi connectivity index (χ3v) is 4.51. The topological polar surface area (TPSA) is 149 Å². The SMILES string of the molecule is Cc1nc(N)ccc1CNC(=O)C(C)NC(=O)C(CCc1ccccc1)OC(N)=O. The van der Waals surface area contributed by atoms with Gasteiger partial charge in [-0.1, -0.05) is 36.4 Å². The summed E-state index contributed by atoms with van der Waals surface area (Å²) in [5.41, 5.74) is 13.2. The Morgan fingerprint density at radius 3 is 2.43 bits per heavy atom. The van der Waals surface area contributed by atoms with Crippen LogP contribution < -0.4 is 22.1 Å². The zero-order valence-electron chi connectivity index (χ0n) is 17.1. The number of aryl methyl sites for hydroxylation is 2. The standard InChI is InChI=1S/C21H27N5O4/c1-13-16(9-11-18(22)25-13)12-24-19(27)14(2)26-20(28)17(30-21(23)29)10-8-15-6-4-3-5-7-15/h3-7,9,11,14,17H,8,10,12H2,1-2H3,(H2,22,25)(H2,23,29)(H,24,27)(H,26,28). The largest absolute Gasteiger partial charge is 0.436 e. The molecule has 1 heterocycles. The van der Waals surface area contributed by atoms with Gasteiger partial charge >= 0.3 is 6.09 Å². The van der Waals surface area contributed by atoms with Gasteiger partial charge in [0.2, 0.25) is 5.91 Å². The zero-order valence-corrected chi connectivity index (χ0v) is 17.1. The molecule has 0 bridgehead atoms. The number of carbonyl (C=O) groups excluding carboxylic acids is 3. The fourth-order valence-electron chi connectivity index (χ4n) is 2.83. The van der Waals surface area contributed by atoms with Crippen LogP contribution in [0.1, 0.15) is 30.2 Å². The van der Waals surface area contributed by atoms with Crippen LogP contribution >= 0.6 is 0 Å². The molecule has 30 heavy (non-hydrogen) atoms. The second-order valence-corrected chi connectivity index (χ2v) is 6.88. The summed E-state index contributed by atoms with van der Waals surface area (Å²) in [6, 6.07) is 12.0. The zero-order chi connectivity index (χ0) is 22.1. The lowest BCUT2D eigenvalue weighted by atomic mass is 10.1. The number of aromatic nitrogens is 1. The number of pyridine rings is 1. The first-order chi connectivity index (χ1) is 14.3. The fraction of sp³-hybridized carbons (Fsp3) is 0.333. The van der Waals surface area contributed by atoms with Gasteiger partial charge in [0.25, 0.3) is 5.91 Å². The summed E-state index contributed by atoms with van der Waals surface area (Å²) in [6.07, 6.45) is -1.40. The minimum Gasteiger partial charge on any atom is -0.436 e. The summed E-state index contributed by atoms with van der Waals surface area (Å²) in [7, 11) is 0. The highest BCUT2D eigenvalue weighted by molar-refractivity contribution is 5.89. The molecule has 0 saturated carbocycles. The second-order valence-electron chi connectivity index (χ2n) is 6.88. The molecular formula is C21H27N5O4. The molecule has 0 aliphatic heterocycles. The molecule has 1 aromatic heterocycles. The van der Waals surface area contributed by atoms with Gasteiger partial charge in [-0.2, -0.15) is 0 Å². The van der Waals surface area contributed by atoms with Crippen molar-refractivity contribution < 1.29 is 19.1 Å². The van der Waals surface area contributed by atoms with E-state index in [-0.39, 0.29) is 18.9 Å². The molecule has 0 fully saturated rings. The summed E-state index contributed by atoms with van der Waals surface area (Å²) < 4.78 is 4.95. The molecule has 2 atom stereocenters. The molecule has 9 heteroatoms. The van der Waals surface area contributed by atoms with E-state index in [1.54, 1.807) is 26.0 Å². The number of hydrogen-bond acceptors (Lipinski definition) is 6. The number of anilines is 1. The van der Waals surface area contributed by atoms with Crippen LogP contribution in [-0.4, -0.2) is 35.0 Å². The highest BCUT2D eigenvalue weighted by Gasteiger charge is 2.25. The molecule has 2 rings (SSSR count). The molecule has 0 saturated heterocycles.